The summed E-state index contributed by atoms with van der Waals surface area (Å²) < 4.78 is 1.23. The molecule has 0 unspecified atom stereocenters. The van der Waals surface area contributed by atoms with Crippen LogP contribution < -0.4 is 0 Å². The highest BCUT2D eigenvalue weighted by atomic mass is 32.1. The molecule has 218 valence electrons. The third-order valence-corrected chi connectivity index (χ3v) is 11.7. The number of nitrogens with zero attached hydrogens (tertiary/aromatic N) is 2. The Bertz CT molecular complexity index is 2660. The van der Waals surface area contributed by atoms with Crippen LogP contribution in [0.2, 0.25) is 0 Å². The van der Waals surface area contributed by atoms with Crippen molar-refractivity contribution in [3.05, 3.63) is 191 Å². The van der Waals surface area contributed by atoms with Gasteiger partial charge in [0.1, 0.15) is 16.1 Å². The molecular formula is C44H26N2S. The zero-order valence-corrected chi connectivity index (χ0v) is 26.1. The molecule has 0 amide bonds. The highest BCUT2D eigenvalue weighted by Crippen LogP contribution is 2.61. The molecule has 12 rings (SSSR count). The smallest absolute Gasteiger partial charge is 0.150 e. The van der Waals surface area contributed by atoms with Gasteiger partial charge in [-0.05, 0) is 67.1 Å². The third-order valence-electron chi connectivity index (χ3n) is 10.6. The van der Waals surface area contributed by atoms with Gasteiger partial charge in [0.2, 0.25) is 0 Å². The van der Waals surface area contributed by atoms with E-state index in [2.05, 4.69) is 152 Å². The van der Waals surface area contributed by atoms with Gasteiger partial charge in [-0.1, -0.05) is 140 Å². The Balaban J connectivity index is 1.35. The SMILES string of the molecule is c1ccc2c(c1)C1c3ccccc3C2(c2nc(-c3cc4ccccc4c4ccccc34)c3c(n2)sc2ccccc23)c2ccccc21. The Hall–Kier alpha value is -5.64. The summed E-state index contributed by atoms with van der Waals surface area (Å²) in [5, 5.41) is 7.26. The van der Waals surface area contributed by atoms with E-state index in [0.29, 0.717) is 0 Å². The first kappa shape index (κ1) is 25.5. The van der Waals surface area contributed by atoms with Crippen molar-refractivity contribution in [2.75, 3.05) is 0 Å². The monoisotopic (exact) mass is 614 g/mol. The van der Waals surface area contributed by atoms with E-state index in [1.165, 1.54) is 65.0 Å². The van der Waals surface area contributed by atoms with Crippen LogP contribution in [0.3, 0.4) is 0 Å². The molecule has 7 aromatic carbocycles. The highest BCUT2D eigenvalue weighted by Gasteiger charge is 2.54. The zero-order chi connectivity index (χ0) is 30.7. The summed E-state index contributed by atoms with van der Waals surface area (Å²) in [6.07, 6.45) is 0. The van der Waals surface area contributed by atoms with Crippen molar-refractivity contribution in [3.8, 4) is 11.3 Å². The average Bonchev–Trinajstić information content (AvgIpc) is 3.53. The molecule has 2 aromatic heterocycles. The van der Waals surface area contributed by atoms with E-state index in [4.69, 9.17) is 9.97 Å². The minimum Gasteiger partial charge on any atom is -0.230 e. The predicted molar refractivity (Wildman–Crippen MR) is 195 cm³/mol. The Morgan fingerprint density at radius 1 is 0.489 bits per heavy atom. The molecule has 0 aliphatic heterocycles. The Morgan fingerprint density at radius 2 is 1.02 bits per heavy atom. The standard InChI is InChI=1S/C44H26N2S/c1-2-14-27-26(13-1)25-34(29-16-4-3-15-28(27)29)41-40-33-20-8-12-24-38(33)47-42(40)46-43(45-41)44-35-21-9-5-17-30(35)39(31-18-6-10-22-36(31)44)32-19-7-11-23-37(32)44/h1-25,39H. The maximum atomic E-state index is 5.83. The van der Waals surface area contributed by atoms with Gasteiger partial charge in [-0.3, -0.25) is 0 Å². The van der Waals surface area contributed by atoms with Gasteiger partial charge in [0.25, 0.3) is 0 Å². The largest absolute Gasteiger partial charge is 0.230 e. The van der Waals surface area contributed by atoms with E-state index in [1.54, 1.807) is 11.3 Å². The number of fused-ring (bicyclic) bond motifs is 6. The van der Waals surface area contributed by atoms with Gasteiger partial charge in [-0.15, -0.1) is 11.3 Å². The number of thiophene rings is 1. The van der Waals surface area contributed by atoms with E-state index in [1.807, 2.05) is 0 Å². The van der Waals surface area contributed by atoms with Gasteiger partial charge in [-0.2, -0.15) is 0 Å². The Morgan fingerprint density at radius 3 is 1.70 bits per heavy atom. The lowest BCUT2D eigenvalue weighted by Gasteiger charge is -2.49. The van der Waals surface area contributed by atoms with Crippen LogP contribution in [0.25, 0.3) is 53.1 Å². The van der Waals surface area contributed by atoms with Crippen LogP contribution in [0, 0.1) is 0 Å². The fourth-order valence-corrected chi connectivity index (χ4v) is 9.88. The topological polar surface area (TPSA) is 25.8 Å². The molecule has 3 heteroatoms. The zero-order valence-electron chi connectivity index (χ0n) is 25.3. The molecule has 3 aliphatic rings. The number of aromatic nitrogens is 2. The number of benzene rings is 7. The van der Waals surface area contributed by atoms with E-state index >= 15 is 0 Å². The van der Waals surface area contributed by atoms with Crippen molar-refractivity contribution >= 4 is 53.2 Å². The minimum absolute atomic E-state index is 0.192. The second-order valence-electron chi connectivity index (χ2n) is 12.8. The lowest BCUT2D eigenvalue weighted by atomic mass is 9.52. The Kier molecular flexibility index (Phi) is 5.01. The van der Waals surface area contributed by atoms with E-state index in [0.717, 1.165) is 27.3 Å². The van der Waals surface area contributed by atoms with Gasteiger partial charge < -0.3 is 0 Å². The lowest BCUT2D eigenvalue weighted by molar-refractivity contribution is 0.597. The Labute approximate surface area is 275 Å². The van der Waals surface area contributed by atoms with Crippen LogP contribution in [0.1, 0.15) is 45.1 Å². The fraction of sp³-hybridized carbons (Fsp3) is 0.0455. The molecular weight excluding hydrogens is 589 g/mol. The minimum atomic E-state index is -0.649. The van der Waals surface area contributed by atoms with Crippen molar-refractivity contribution in [1.29, 1.82) is 0 Å². The van der Waals surface area contributed by atoms with Gasteiger partial charge in [0, 0.05) is 27.0 Å². The summed E-state index contributed by atoms with van der Waals surface area (Å²) in [4.78, 5) is 12.5. The number of hydrogen-bond acceptors (Lipinski definition) is 3. The molecule has 0 fully saturated rings. The van der Waals surface area contributed by atoms with Crippen LogP contribution in [0.4, 0.5) is 0 Å². The molecule has 2 nitrogen and oxygen atoms in total. The first-order valence-corrected chi connectivity index (χ1v) is 17.0. The summed E-state index contributed by atoms with van der Waals surface area (Å²) in [6.45, 7) is 0. The molecule has 0 radical (unpaired) electrons. The molecule has 0 saturated heterocycles. The van der Waals surface area contributed by atoms with Gasteiger partial charge in [0.15, 0.2) is 0 Å². The number of rotatable bonds is 2. The van der Waals surface area contributed by atoms with E-state index in [9.17, 15) is 0 Å². The van der Waals surface area contributed by atoms with E-state index < -0.39 is 5.41 Å². The molecule has 2 heterocycles. The average molecular weight is 615 g/mol. The lowest BCUT2D eigenvalue weighted by Crippen LogP contribution is -2.44. The molecule has 0 N–H and O–H groups in total. The summed E-state index contributed by atoms with van der Waals surface area (Å²) in [5.74, 6) is 1.03. The summed E-state index contributed by atoms with van der Waals surface area (Å²) in [5.41, 5.74) is 9.41. The molecule has 47 heavy (non-hydrogen) atoms. The van der Waals surface area contributed by atoms with Crippen molar-refractivity contribution in [1.82, 2.24) is 9.97 Å². The second kappa shape index (κ2) is 9.22. The van der Waals surface area contributed by atoms with Crippen molar-refractivity contribution in [2.24, 2.45) is 0 Å². The first-order valence-electron chi connectivity index (χ1n) is 16.2. The maximum absolute atomic E-state index is 5.83. The fourth-order valence-electron chi connectivity index (χ4n) is 8.81. The molecule has 0 spiro atoms. The normalized spacial score (nSPS) is 17.7. The van der Waals surface area contributed by atoms with Crippen LogP contribution >= 0.6 is 11.3 Å². The summed E-state index contributed by atoms with van der Waals surface area (Å²) in [6, 6.07) is 55.6. The van der Waals surface area contributed by atoms with Crippen molar-refractivity contribution in [2.45, 2.75) is 11.3 Å². The van der Waals surface area contributed by atoms with Crippen LogP contribution in [-0.4, -0.2) is 9.97 Å². The van der Waals surface area contributed by atoms with E-state index in [-0.39, 0.29) is 5.92 Å². The van der Waals surface area contributed by atoms with Crippen LogP contribution in [-0.2, 0) is 5.41 Å². The molecule has 9 aromatic rings. The predicted octanol–water partition coefficient (Wildman–Crippen LogP) is 11.0. The molecule has 2 bridgehead atoms. The second-order valence-corrected chi connectivity index (χ2v) is 13.8. The molecule has 0 saturated carbocycles. The third kappa shape index (κ3) is 3.19. The van der Waals surface area contributed by atoms with Crippen molar-refractivity contribution in [3.63, 3.8) is 0 Å². The van der Waals surface area contributed by atoms with Gasteiger partial charge in [-0.25, -0.2) is 9.97 Å². The van der Waals surface area contributed by atoms with Gasteiger partial charge in [0.05, 0.1) is 5.69 Å². The summed E-state index contributed by atoms with van der Waals surface area (Å²) >= 11 is 1.77. The highest BCUT2D eigenvalue weighted by molar-refractivity contribution is 7.25. The number of hydrogen-bond donors (Lipinski definition) is 0. The maximum Gasteiger partial charge on any atom is 0.150 e. The van der Waals surface area contributed by atoms with Crippen LogP contribution in [0.15, 0.2) is 152 Å². The van der Waals surface area contributed by atoms with Crippen LogP contribution in [0.5, 0.6) is 0 Å². The van der Waals surface area contributed by atoms with Crippen molar-refractivity contribution < 1.29 is 0 Å². The molecule has 0 atom stereocenters. The quantitative estimate of drug-likeness (QED) is 0.181. The van der Waals surface area contributed by atoms with Gasteiger partial charge >= 0.3 is 0 Å². The first-order chi connectivity index (χ1) is 23.3. The molecule has 3 aliphatic carbocycles. The summed E-state index contributed by atoms with van der Waals surface area (Å²) in [7, 11) is 0.